The highest BCUT2D eigenvalue weighted by atomic mass is 79.9. The first-order chi connectivity index (χ1) is 37.6. The number of carbonyl (C=O) groups is 2. The van der Waals surface area contributed by atoms with Crippen molar-refractivity contribution in [1.29, 1.82) is 0 Å². The van der Waals surface area contributed by atoms with E-state index < -0.39 is 5.97 Å². The summed E-state index contributed by atoms with van der Waals surface area (Å²) < 4.78 is 25.5. The number of allylic oxidation sites excluding steroid dienone is 8. The van der Waals surface area contributed by atoms with E-state index in [4.69, 9.17) is 37.0 Å². The standard InChI is InChI=1S/C65H74ClN5O7.BrH/c1-9-46-18-16-21-49(40-46)69-63-50-41-56(57(76-35-34-75-8)42-53(50)67-43-68-63)77-36-37-78-61(74)23-13-11-15-33-71-55-29-25-45(3)39-52(55)65(6,7)59(71)31-27-48-20-17-19-47(62(48)66)26-30-58-64(4,5)51-38-44(2)24-28-54(51)70(58)32-14-10-12-22-60(72)73;/h1,16,18,21,24-31,38-43H,10-15,17,19-20,22-23,32-37H2,2-8H3,(H-,67,68,69,72,73);1H. The van der Waals surface area contributed by atoms with E-state index >= 15 is 0 Å². The van der Waals surface area contributed by atoms with E-state index in [0.29, 0.717) is 60.7 Å². The molecule has 416 valence electrons. The summed E-state index contributed by atoms with van der Waals surface area (Å²) in [5.74, 6) is 3.18. The van der Waals surface area contributed by atoms with Gasteiger partial charge in [-0.25, -0.2) is 9.97 Å². The highest BCUT2D eigenvalue weighted by Crippen LogP contribution is 2.49. The van der Waals surface area contributed by atoms with Crippen molar-refractivity contribution in [1.82, 2.24) is 9.97 Å². The number of carboxylic acid groups (broad SMARTS) is 1. The molecular formula is C65H75BrClN5O7. The van der Waals surface area contributed by atoms with E-state index in [-0.39, 0.29) is 53.4 Å². The molecule has 0 unspecified atom stereocenters. The van der Waals surface area contributed by atoms with Crippen LogP contribution in [0.1, 0.15) is 126 Å². The van der Waals surface area contributed by atoms with Crippen molar-refractivity contribution in [3.05, 3.63) is 153 Å². The zero-order valence-electron chi connectivity index (χ0n) is 46.9. The molecule has 0 radical (unpaired) electrons. The highest BCUT2D eigenvalue weighted by Gasteiger charge is 2.44. The van der Waals surface area contributed by atoms with Crippen molar-refractivity contribution in [2.24, 2.45) is 0 Å². The Labute approximate surface area is 482 Å². The normalized spacial score (nSPS) is 16.3. The van der Waals surface area contributed by atoms with E-state index in [9.17, 15) is 14.7 Å². The van der Waals surface area contributed by atoms with Crippen LogP contribution in [0.3, 0.4) is 0 Å². The summed E-state index contributed by atoms with van der Waals surface area (Å²) in [6, 6.07) is 24.6. The summed E-state index contributed by atoms with van der Waals surface area (Å²) in [6.45, 7) is 16.0. The van der Waals surface area contributed by atoms with Crippen LogP contribution in [0, 0.1) is 26.2 Å². The van der Waals surface area contributed by atoms with E-state index in [0.717, 1.165) is 85.5 Å². The number of nitrogens with one attached hydrogen (secondary N) is 1. The van der Waals surface area contributed by atoms with Crippen molar-refractivity contribution < 1.29 is 55.2 Å². The first kappa shape index (κ1) is 59.9. The molecule has 0 saturated carbocycles. The maximum atomic E-state index is 13.0. The Kier molecular flexibility index (Phi) is 20.8. The lowest BCUT2D eigenvalue weighted by molar-refractivity contribution is -0.438. The Hall–Kier alpha value is -6.72. The zero-order valence-corrected chi connectivity index (χ0v) is 49.2. The number of halogens is 2. The van der Waals surface area contributed by atoms with Gasteiger partial charge in [-0.15, -0.1) is 6.42 Å². The second kappa shape index (κ2) is 27.4. The molecule has 0 bridgehead atoms. The average molecular weight is 1150 g/mol. The molecule has 2 aliphatic heterocycles. The number of ether oxygens (including phenoxy) is 4. The summed E-state index contributed by atoms with van der Waals surface area (Å²) in [4.78, 5) is 35.7. The Balaban J connectivity index is 0.00000903. The molecule has 0 amide bonds. The molecule has 14 heteroatoms. The first-order valence-electron chi connectivity index (χ1n) is 27.5. The number of methoxy groups -OCH3 is 1. The minimum atomic E-state index is -0.741. The number of aromatic nitrogens is 2. The fourth-order valence-corrected chi connectivity index (χ4v) is 11.2. The number of carboxylic acids is 1. The van der Waals surface area contributed by atoms with Gasteiger partial charge in [0.05, 0.1) is 17.5 Å². The van der Waals surface area contributed by atoms with Gasteiger partial charge in [-0.1, -0.05) is 85.3 Å². The van der Waals surface area contributed by atoms with Crippen molar-refractivity contribution in [2.75, 3.05) is 56.8 Å². The SMILES string of the molecule is C#Cc1cccc(Nc2ncnc3cc(OCCOC)c(OCCOC(=O)CCCCCN4C(=CC=C5CCCC(C=CC6=[N+](CCCCCC(=O)O)c7ccc(C)cc7C6(C)C)=C5Cl)C(C)(C)c5cc(C)ccc54)cc23)c1.[Br-]. The molecular weight excluding hydrogens is 1080 g/mol. The first-order valence-corrected chi connectivity index (χ1v) is 27.8. The Morgan fingerprint density at radius 1 is 0.823 bits per heavy atom. The number of carbonyl (C=O) groups excluding carboxylic acids is 1. The zero-order chi connectivity index (χ0) is 55.4. The van der Waals surface area contributed by atoms with Crippen LogP contribution in [0.5, 0.6) is 11.5 Å². The minimum absolute atomic E-state index is 0. The van der Waals surface area contributed by atoms with Crippen LogP contribution in [0.25, 0.3) is 10.9 Å². The van der Waals surface area contributed by atoms with Crippen molar-refractivity contribution in [3.63, 3.8) is 0 Å². The van der Waals surface area contributed by atoms with Crippen molar-refractivity contribution >= 4 is 63.0 Å². The number of hydrogen-bond acceptors (Lipinski definition) is 10. The number of nitrogens with zero attached hydrogens (tertiary/aromatic N) is 4. The molecule has 2 N–H and O–H groups in total. The molecule has 4 aromatic carbocycles. The maximum Gasteiger partial charge on any atom is 0.305 e. The van der Waals surface area contributed by atoms with Gasteiger partial charge in [0.1, 0.15) is 38.5 Å². The number of anilines is 3. The molecule has 3 aliphatic rings. The number of aryl methyl sites for hydroxylation is 2. The van der Waals surface area contributed by atoms with Crippen LogP contribution < -0.4 is 36.7 Å². The van der Waals surface area contributed by atoms with Crippen molar-refractivity contribution in [2.45, 2.75) is 123 Å². The van der Waals surface area contributed by atoms with Gasteiger partial charge in [-0.2, -0.15) is 4.58 Å². The van der Waals surface area contributed by atoms with Crippen LogP contribution in [-0.2, 0) is 29.9 Å². The molecule has 3 heterocycles. The number of terminal acetylenes is 1. The third-order valence-electron chi connectivity index (χ3n) is 15.1. The van der Waals surface area contributed by atoms with Gasteiger partial charge in [0, 0.05) is 95.2 Å². The topological polar surface area (TPSA) is 135 Å². The molecule has 5 aromatic rings. The predicted octanol–water partition coefficient (Wildman–Crippen LogP) is 11.0. The van der Waals surface area contributed by atoms with E-state index in [2.05, 4.69) is 133 Å². The molecule has 1 aromatic heterocycles. The van der Waals surface area contributed by atoms with E-state index in [1.54, 1.807) is 13.2 Å². The third kappa shape index (κ3) is 14.6. The number of benzene rings is 4. The summed E-state index contributed by atoms with van der Waals surface area (Å²) in [5.41, 5.74) is 14.0. The Morgan fingerprint density at radius 2 is 1.56 bits per heavy atom. The van der Waals surface area contributed by atoms with Crippen molar-refractivity contribution in [3.8, 4) is 23.8 Å². The summed E-state index contributed by atoms with van der Waals surface area (Å²) in [6.07, 6.45) is 24.4. The molecule has 0 atom stereocenters. The van der Waals surface area contributed by atoms with Gasteiger partial charge in [-0.3, -0.25) is 9.59 Å². The molecule has 79 heavy (non-hydrogen) atoms. The molecule has 12 nitrogen and oxygen atoms in total. The Bertz CT molecular complexity index is 3240. The van der Waals surface area contributed by atoms with Crippen LogP contribution in [0.2, 0.25) is 0 Å². The lowest BCUT2D eigenvalue weighted by Gasteiger charge is -2.27. The summed E-state index contributed by atoms with van der Waals surface area (Å²) >= 11 is 7.37. The van der Waals surface area contributed by atoms with Crippen LogP contribution in [-0.4, -0.2) is 83.9 Å². The third-order valence-corrected chi connectivity index (χ3v) is 15.6. The second-order valence-electron chi connectivity index (χ2n) is 21.6. The number of aliphatic carboxylic acids is 1. The lowest BCUT2D eigenvalue weighted by Crippen LogP contribution is -3.00. The largest absolute Gasteiger partial charge is 1.00 e. The number of unbranched alkanes of at least 4 members (excludes halogenated alkanes) is 4. The minimum Gasteiger partial charge on any atom is -1.00 e. The van der Waals surface area contributed by atoms with Gasteiger partial charge in [0.15, 0.2) is 17.2 Å². The van der Waals surface area contributed by atoms with Gasteiger partial charge >= 0.3 is 11.9 Å². The number of esters is 1. The summed E-state index contributed by atoms with van der Waals surface area (Å²) in [7, 11) is 1.61. The maximum absolute atomic E-state index is 13.0. The molecule has 0 spiro atoms. The monoisotopic (exact) mass is 1150 g/mol. The predicted molar refractivity (Wildman–Crippen MR) is 313 cm³/mol. The smallest absolute Gasteiger partial charge is 0.305 e. The average Bonchev–Trinajstić information content (AvgIpc) is 3.98. The lowest BCUT2D eigenvalue weighted by atomic mass is 9.80. The van der Waals surface area contributed by atoms with E-state index in [1.165, 1.54) is 51.4 Å². The molecule has 1 aliphatic carbocycles. The number of hydrogen-bond donors (Lipinski definition) is 2. The van der Waals surface area contributed by atoms with Gasteiger partial charge < -0.3 is 51.3 Å². The number of fused-ring (bicyclic) bond motifs is 3. The van der Waals surface area contributed by atoms with Crippen LogP contribution in [0.4, 0.5) is 22.9 Å². The number of rotatable bonds is 25. The van der Waals surface area contributed by atoms with Crippen LogP contribution in [0.15, 0.2) is 125 Å². The van der Waals surface area contributed by atoms with Gasteiger partial charge in [-0.05, 0) is 132 Å². The fraction of sp³-hybridized carbons (Fsp3) is 0.400. The second-order valence-corrected chi connectivity index (χ2v) is 21.9. The summed E-state index contributed by atoms with van der Waals surface area (Å²) in [5, 5.41) is 14.1. The molecule has 0 fully saturated rings. The molecule has 0 saturated heterocycles. The molecule has 8 rings (SSSR count). The van der Waals surface area contributed by atoms with Gasteiger partial charge in [0.2, 0.25) is 5.69 Å². The fourth-order valence-electron chi connectivity index (χ4n) is 10.9. The van der Waals surface area contributed by atoms with Crippen LogP contribution >= 0.6 is 11.6 Å². The highest BCUT2D eigenvalue weighted by molar-refractivity contribution is 6.32. The van der Waals surface area contributed by atoms with E-state index in [1.807, 2.05) is 30.3 Å². The Morgan fingerprint density at radius 3 is 2.33 bits per heavy atom. The quantitative estimate of drug-likeness (QED) is 0.0250. The van der Waals surface area contributed by atoms with Gasteiger partial charge in [0.25, 0.3) is 0 Å².